The zero-order valence-corrected chi connectivity index (χ0v) is 11.6. The minimum absolute atomic E-state index is 0.0883. The van der Waals surface area contributed by atoms with Gasteiger partial charge in [0.05, 0.1) is 12.6 Å². The van der Waals surface area contributed by atoms with Crippen molar-refractivity contribution in [2.24, 2.45) is 0 Å². The molecule has 2 rings (SSSR count). The van der Waals surface area contributed by atoms with Gasteiger partial charge < -0.3 is 10.0 Å². The van der Waals surface area contributed by atoms with E-state index in [0.29, 0.717) is 13.1 Å². The van der Waals surface area contributed by atoms with E-state index in [9.17, 15) is 9.90 Å². The summed E-state index contributed by atoms with van der Waals surface area (Å²) in [5.74, 6) is 0.275. The minimum atomic E-state index is -0.397. The molecule has 104 valence electrons. The van der Waals surface area contributed by atoms with Gasteiger partial charge in [-0.05, 0) is 18.5 Å². The lowest BCUT2D eigenvalue weighted by Crippen LogP contribution is -2.46. The molecular weight excluding hydrogens is 240 g/mol. The number of aliphatic hydroxyl groups is 1. The second-order valence-electron chi connectivity index (χ2n) is 5.40. The Balaban J connectivity index is 1.93. The molecular formula is C15H22N2O2. The van der Waals surface area contributed by atoms with Crippen LogP contribution in [0.1, 0.15) is 17.9 Å². The highest BCUT2D eigenvalue weighted by atomic mass is 16.3. The topological polar surface area (TPSA) is 43.8 Å². The van der Waals surface area contributed by atoms with Crippen molar-refractivity contribution in [3.8, 4) is 0 Å². The van der Waals surface area contributed by atoms with Gasteiger partial charge in [-0.25, -0.2) is 0 Å². The molecule has 1 aromatic rings. The summed E-state index contributed by atoms with van der Waals surface area (Å²) in [6, 6.07) is 10.1. The lowest BCUT2D eigenvalue weighted by Gasteiger charge is -2.36. The van der Waals surface area contributed by atoms with Crippen molar-refractivity contribution in [1.29, 1.82) is 0 Å². The Morgan fingerprint density at radius 2 is 2.05 bits per heavy atom. The van der Waals surface area contributed by atoms with Crippen molar-refractivity contribution >= 4 is 5.91 Å². The van der Waals surface area contributed by atoms with E-state index in [2.05, 4.69) is 12.1 Å². The average Bonchev–Trinajstić information content (AvgIpc) is 2.39. The summed E-state index contributed by atoms with van der Waals surface area (Å²) in [4.78, 5) is 15.3. The molecule has 1 saturated heterocycles. The van der Waals surface area contributed by atoms with E-state index < -0.39 is 6.10 Å². The number of hydrogen-bond acceptors (Lipinski definition) is 3. The summed E-state index contributed by atoms with van der Waals surface area (Å²) in [5.41, 5.74) is 1.19. The maximum absolute atomic E-state index is 11.7. The molecule has 1 fully saturated rings. The van der Waals surface area contributed by atoms with Crippen molar-refractivity contribution in [3.05, 3.63) is 35.9 Å². The van der Waals surface area contributed by atoms with Crippen LogP contribution in [0.2, 0.25) is 0 Å². The van der Waals surface area contributed by atoms with E-state index in [1.54, 1.807) is 19.0 Å². The molecule has 0 aromatic heterocycles. The summed E-state index contributed by atoms with van der Waals surface area (Å²) in [6.07, 6.45) is 0.498. The number of benzene rings is 1. The number of β-amino-alcohol motifs (C(OH)–C–C–N with tert-alkyl or cyclic N) is 1. The van der Waals surface area contributed by atoms with E-state index in [0.717, 1.165) is 13.0 Å². The predicted octanol–water partition coefficient (Wildman–Crippen LogP) is 0.925. The first-order chi connectivity index (χ1) is 9.08. The fraction of sp³-hybridized carbons (Fsp3) is 0.533. The van der Waals surface area contributed by atoms with E-state index in [1.165, 1.54) is 5.56 Å². The number of carbonyl (C=O) groups excluding carboxylic acids is 1. The zero-order valence-electron chi connectivity index (χ0n) is 11.6. The number of likely N-dealkylation sites (N-methyl/N-ethyl adjacent to an activating group) is 1. The van der Waals surface area contributed by atoms with Crippen LogP contribution >= 0.6 is 0 Å². The molecule has 0 aliphatic carbocycles. The van der Waals surface area contributed by atoms with Crippen LogP contribution in [0.25, 0.3) is 0 Å². The maximum atomic E-state index is 11.7. The molecule has 19 heavy (non-hydrogen) atoms. The smallest absolute Gasteiger partial charge is 0.236 e. The Morgan fingerprint density at radius 1 is 1.37 bits per heavy atom. The summed E-state index contributed by atoms with van der Waals surface area (Å²) >= 11 is 0. The molecule has 0 spiro atoms. The van der Waals surface area contributed by atoms with Gasteiger partial charge in [0, 0.05) is 26.6 Å². The number of aliphatic hydroxyl groups excluding tert-OH is 1. The van der Waals surface area contributed by atoms with Gasteiger partial charge in [-0.2, -0.15) is 0 Å². The first kappa shape index (κ1) is 14.0. The SMILES string of the molecule is CN(C)C(=O)CN1CC[C@@H](c2ccccc2)[C@H](O)C1. The zero-order chi connectivity index (χ0) is 13.8. The molecule has 0 radical (unpaired) electrons. The predicted molar refractivity (Wildman–Crippen MR) is 74.9 cm³/mol. The van der Waals surface area contributed by atoms with Gasteiger partial charge in [-0.3, -0.25) is 9.69 Å². The molecule has 1 amide bonds. The van der Waals surface area contributed by atoms with Crippen LogP contribution in [0, 0.1) is 0 Å². The largest absolute Gasteiger partial charge is 0.391 e. The van der Waals surface area contributed by atoms with Gasteiger partial charge in [-0.1, -0.05) is 30.3 Å². The fourth-order valence-electron chi connectivity index (χ4n) is 2.56. The van der Waals surface area contributed by atoms with Gasteiger partial charge >= 0.3 is 0 Å². The van der Waals surface area contributed by atoms with Crippen LogP contribution in [0.4, 0.5) is 0 Å². The highest BCUT2D eigenvalue weighted by molar-refractivity contribution is 5.77. The Hall–Kier alpha value is -1.39. The van der Waals surface area contributed by atoms with Crippen LogP contribution in [0.5, 0.6) is 0 Å². The summed E-state index contributed by atoms with van der Waals surface area (Å²) < 4.78 is 0. The summed E-state index contributed by atoms with van der Waals surface area (Å²) in [7, 11) is 3.52. The maximum Gasteiger partial charge on any atom is 0.236 e. The van der Waals surface area contributed by atoms with Crippen molar-refractivity contribution in [2.45, 2.75) is 18.4 Å². The number of hydrogen-bond donors (Lipinski definition) is 1. The average molecular weight is 262 g/mol. The van der Waals surface area contributed by atoms with Gasteiger partial charge in [-0.15, -0.1) is 0 Å². The Bertz CT molecular complexity index is 419. The van der Waals surface area contributed by atoms with Gasteiger partial charge in [0.2, 0.25) is 5.91 Å². The van der Waals surface area contributed by atoms with E-state index in [-0.39, 0.29) is 11.8 Å². The van der Waals surface area contributed by atoms with E-state index in [4.69, 9.17) is 0 Å². The molecule has 0 saturated carbocycles. The van der Waals surface area contributed by atoms with E-state index >= 15 is 0 Å². The number of carbonyl (C=O) groups is 1. The van der Waals surface area contributed by atoms with Crippen molar-refractivity contribution in [2.75, 3.05) is 33.7 Å². The molecule has 0 bridgehead atoms. The standard InChI is InChI=1S/C15H22N2O2/c1-16(2)15(19)11-17-9-8-13(14(18)10-17)12-6-4-3-5-7-12/h3-7,13-14,18H,8-11H2,1-2H3/t13-,14+/m0/s1. The third-order valence-corrected chi connectivity index (χ3v) is 3.75. The van der Waals surface area contributed by atoms with Crippen molar-refractivity contribution in [1.82, 2.24) is 9.80 Å². The molecule has 1 aromatic carbocycles. The molecule has 0 unspecified atom stereocenters. The first-order valence-electron chi connectivity index (χ1n) is 6.73. The van der Waals surface area contributed by atoms with Crippen molar-refractivity contribution < 1.29 is 9.90 Å². The van der Waals surface area contributed by atoms with Gasteiger partial charge in [0.25, 0.3) is 0 Å². The van der Waals surface area contributed by atoms with Crippen LogP contribution in [0.15, 0.2) is 30.3 Å². The summed E-state index contributed by atoms with van der Waals surface area (Å²) in [5, 5.41) is 10.3. The third-order valence-electron chi connectivity index (χ3n) is 3.75. The number of piperidine rings is 1. The second-order valence-corrected chi connectivity index (χ2v) is 5.40. The number of nitrogens with zero attached hydrogens (tertiary/aromatic N) is 2. The normalized spacial score (nSPS) is 24.2. The number of amides is 1. The monoisotopic (exact) mass is 262 g/mol. The first-order valence-corrected chi connectivity index (χ1v) is 6.73. The molecule has 2 atom stereocenters. The van der Waals surface area contributed by atoms with Crippen LogP contribution in [-0.2, 0) is 4.79 Å². The highest BCUT2D eigenvalue weighted by Crippen LogP contribution is 2.28. The molecule has 1 aliphatic heterocycles. The van der Waals surface area contributed by atoms with Crippen LogP contribution < -0.4 is 0 Å². The minimum Gasteiger partial charge on any atom is -0.391 e. The molecule has 1 N–H and O–H groups in total. The third kappa shape index (κ3) is 3.55. The van der Waals surface area contributed by atoms with Crippen molar-refractivity contribution in [3.63, 3.8) is 0 Å². The lowest BCUT2D eigenvalue weighted by molar-refractivity contribution is -0.130. The molecule has 1 aliphatic rings. The molecule has 4 nitrogen and oxygen atoms in total. The summed E-state index contributed by atoms with van der Waals surface area (Å²) in [6.45, 7) is 1.82. The Morgan fingerprint density at radius 3 is 2.63 bits per heavy atom. The fourth-order valence-corrected chi connectivity index (χ4v) is 2.56. The van der Waals surface area contributed by atoms with Crippen LogP contribution in [-0.4, -0.2) is 60.6 Å². The molecule has 1 heterocycles. The van der Waals surface area contributed by atoms with E-state index in [1.807, 2.05) is 23.1 Å². The van der Waals surface area contributed by atoms with Crippen LogP contribution in [0.3, 0.4) is 0 Å². The quantitative estimate of drug-likeness (QED) is 0.881. The van der Waals surface area contributed by atoms with Gasteiger partial charge in [0.1, 0.15) is 0 Å². The van der Waals surface area contributed by atoms with Gasteiger partial charge in [0.15, 0.2) is 0 Å². The lowest BCUT2D eigenvalue weighted by atomic mass is 9.87. The number of likely N-dealkylation sites (tertiary alicyclic amines) is 1. The molecule has 4 heteroatoms. The Kier molecular flexibility index (Phi) is 4.56. The second kappa shape index (κ2) is 6.17. The number of rotatable bonds is 3. The Labute approximate surface area is 114 Å². The highest BCUT2D eigenvalue weighted by Gasteiger charge is 2.29.